The number of nitrogens with one attached hydrogen (secondary N) is 1. The lowest BCUT2D eigenvalue weighted by molar-refractivity contribution is -0.140. The molecule has 0 saturated carbocycles. The van der Waals surface area contributed by atoms with E-state index >= 15 is 0 Å². The smallest absolute Gasteiger partial charge is 0.244 e. The molecule has 0 spiro atoms. The van der Waals surface area contributed by atoms with Gasteiger partial charge in [-0.1, -0.05) is 54.4 Å². The summed E-state index contributed by atoms with van der Waals surface area (Å²) in [7, 11) is -3.90. The number of aryl methyl sites for hydroxylation is 1. The molecule has 34 heavy (non-hydrogen) atoms. The first kappa shape index (κ1) is 28.0. The Kier molecular flexibility index (Phi) is 9.79. The summed E-state index contributed by atoms with van der Waals surface area (Å²) >= 11 is 12.3. The van der Waals surface area contributed by atoms with Gasteiger partial charge in [0.05, 0.1) is 17.0 Å². The normalized spacial score (nSPS) is 12.4. The molecular weight excluding hydrogens is 497 g/mol. The van der Waals surface area contributed by atoms with Crippen LogP contribution in [-0.4, -0.2) is 50.0 Å². The van der Waals surface area contributed by atoms with Gasteiger partial charge in [0.1, 0.15) is 12.6 Å². The predicted molar refractivity (Wildman–Crippen MR) is 138 cm³/mol. The number of halogens is 2. The zero-order valence-corrected chi connectivity index (χ0v) is 22.3. The molecule has 0 aliphatic heterocycles. The molecule has 7 nitrogen and oxygen atoms in total. The Bertz CT molecular complexity index is 1140. The molecular formula is C24H31Cl2N3O4S. The van der Waals surface area contributed by atoms with Gasteiger partial charge in [0.25, 0.3) is 0 Å². The fourth-order valence-electron chi connectivity index (χ4n) is 3.54. The summed E-state index contributed by atoms with van der Waals surface area (Å²) in [6.45, 7) is 7.02. The van der Waals surface area contributed by atoms with Crippen molar-refractivity contribution in [1.82, 2.24) is 10.2 Å². The topological polar surface area (TPSA) is 86.8 Å². The van der Waals surface area contributed by atoms with Crippen molar-refractivity contribution in [3.05, 3.63) is 63.6 Å². The molecule has 0 radical (unpaired) electrons. The van der Waals surface area contributed by atoms with Crippen LogP contribution in [0.3, 0.4) is 0 Å². The number of hydrogen-bond acceptors (Lipinski definition) is 4. The monoisotopic (exact) mass is 527 g/mol. The van der Waals surface area contributed by atoms with Crippen LogP contribution in [0, 0.1) is 6.92 Å². The number of carbonyl (C=O) groups excluding carboxylic acids is 2. The van der Waals surface area contributed by atoms with Crippen molar-refractivity contribution in [2.75, 3.05) is 17.1 Å². The van der Waals surface area contributed by atoms with Crippen molar-refractivity contribution in [2.45, 2.75) is 52.7 Å². The van der Waals surface area contributed by atoms with E-state index in [0.717, 1.165) is 21.7 Å². The number of rotatable bonds is 10. The van der Waals surface area contributed by atoms with Gasteiger partial charge in [0, 0.05) is 17.6 Å². The largest absolute Gasteiger partial charge is 0.352 e. The highest BCUT2D eigenvalue weighted by Gasteiger charge is 2.32. The summed E-state index contributed by atoms with van der Waals surface area (Å²) < 4.78 is 26.2. The average Bonchev–Trinajstić information content (AvgIpc) is 2.73. The van der Waals surface area contributed by atoms with Crippen LogP contribution in [-0.2, 0) is 26.2 Å². The highest BCUT2D eigenvalue weighted by molar-refractivity contribution is 7.92. The van der Waals surface area contributed by atoms with E-state index in [-0.39, 0.29) is 34.2 Å². The summed E-state index contributed by atoms with van der Waals surface area (Å²) in [5.41, 5.74) is 1.91. The van der Waals surface area contributed by atoms with Crippen molar-refractivity contribution in [2.24, 2.45) is 0 Å². The van der Waals surface area contributed by atoms with Crippen LogP contribution in [0.25, 0.3) is 0 Å². The minimum atomic E-state index is -3.90. The molecule has 0 aliphatic carbocycles. The first-order valence-corrected chi connectivity index (χ1v) is 13.5. The quantitative estimate of drug-likeness (QED) is 0.495. The number of sulfonamides is 1. The molecule has 2 aromatic rings. The first-order chi connectivity index (χ1) is 15.8. The van der Waals surface area contributed by atoms with Crippen LogP contribution in [0.5, 0.6) is 0 Å². The van der Waals surface area contributed by atoms with Gasteiger partial charge < -0.3 is 10.2 Å². The van der Waals surface area contributed by atoms with Crippen LogP contribution < -0.4 is 9.62 Å². The maximum atomic E-state index is 13.6. The van der Waals surface area contributed by atoms with Crippen LogP contribution in [0.4, 0.5) is 5.69 Å². The van der Waals surface area contributed by atoms with Gasteiger partial charge in [-0.15, -0.1) is 0 Å². The number of benzene rings is 2. The Labute approximate surface area is 212 Å². The molecule has 186 valence electrons. The Morgan fingerprint density at radius 1 is 1.09 bits per heavy atom. The lowest BCUT2D eigenvalue weighted by Crippen LogP contribution is -2.53. The van der Waals surface area contributed by atoms with E-state index in [4.69, 9.17) is 23.2 Å². The average molecular weight is 529 g/mol. The van der Waals surface area contributed by atoms with Crippen molar-refractivity contribution in [3.63, 3.8) is 0 Å². The van der Waals surface area contributed by atoms with Crippen LogP contribution in [0.1, 0.15) is 38.3 Å². The van der Waals surface area contributed by atoms with Gasteiger partial charge in [-0.25, -0.2) is 8.42 Å². The maximum absolute atomic E-state index is 13.6. The van der Waals surface area contributed by atoms with E-state index in [2.05, 4.69) is 5.32 Å². The summed E-state index contributed by atoms with van der Waals surface area (Å²) in [5.74, 6) is -0.832. The van der Waals surface area contributed by atoms with Crippen LogP contribution in [0.15, 0.2) is 42.5 Å². The third kappa shape index (κ3) is 7.35. The summed E-state index contributed by atoms with van der Waals surface area (Å²) in [5, 5.41) is 3.27. The van der Waals surface area contributed by atoms with E-state index in [0.29, 0.717) is 6.42 Å². The third-order valence-corrected chi connectivity index (χ3v) is 6.96. The van der Waals surface area contributed by atoms with Gasteiger partial charge >= 0.3 is 0 Å². The van der Waals surface area contributed by atoms with E-state index in [1.165, 1.54) is 23.1 Å². The maximum Gasteiger partial charge on any atom is 0.244 e. The molecule has 0 aliphatic rings. The lowest BCUT2D eigenvalue weighted by Gasteiger charge is -2.33. The first-order valence-electron chi connectivity index (χ1n) is 10.9. The molecule has 0 heterocycles. The van der Waals surface area contributed by atoms with E-state index < -0.39 is 28.5 Å². The fourth-order valence-corrected chi connectivity index (χ4v) is 4.83. The highest BCUT2D eigenvalue weighted by atomic mass is 35.5. The van der Waals surface area contributed by atoms with E-state index in [1.54, 1.807) is 0 Å². The Morgan fingerprint density at radius 2 is 1.74 bits per heavy atom. The zero-order chi connectivity index (χ0) is 25.6. The number of carbonyl (C=O) groups is 2. The molecule has 1 unspecified atom stereocenters. The van der Waals surface area contributed by atoms with Gasteiger partial charge in [0.15, 0.2) is 0 Å². The number of nitrogens with zero attached hydrogens (tertiary/aromatic N) is 2. The molecule has 0 aromatic heterocycles. The molecule has 0 bridgehead atoms. The molecule has 1 atom stereocenters. The minimum Gasteiger partial charge on any atom is -0.352 e. The summed E-state index contributed by atoms with van der Waals surface area (Å²) in [6.07, 6.45) is 1.35. The second-order valence-electron chi connectivity index (χ2n) is 8.40. The second kappa shape index (κ2) is 11.9. The van der Waals surface area contributed by atoms with E-state index in [9.17, 15) is 18.0 Å². The molecule has 2 amide bonds. The van der Waals surface area contributed by atoms with Gasteiger partial charge in [-0.2, -0.15) is 0 Å². The second-order valence-corrected chi connectivity index (χ2v) is 11.2. The lowest BCUT2D eigenvalue weighted by atomic mass is 10.1. The van der Waals surface area contributed by atoms with Crippen LogP contribution in [0.2, 0.25) is 10.0 Å². The molecule has 1 N–H and O–H groups in total. The van der Waals surface area contributed by atoms with Crippen molar-refractivity contribution < 1.29 is 18.0 Å². The number of anilines is 1. The third-order valence-electron chi connectivity index (χ3n) is 5.27. The van der Waals surface area contributed by atoms with Gasteiger partial charge in [0.2, 0.25) is 21.8 Å². The molecule has 2 rings (SSSR count). The summed E-state index contributed by atoms with van der Waals surface area (Å²) in [6, 6.07) is 11.0. The van der Waals surface area contributed by atoms with Crippen molar-refractivity contribution >= 4 is 50.7 Å². The number of amides is 2. The zero-order valence-electron chi connectivity index (χ0n) is 20.0. The fraction of sp³-hybridized carbons (Fsp3) is 0.417. The molecule has 0 saturated heterocycles. The molecule has 0 fully saturated rings. The molecule has 2 aromatic carbocycles. The van der Waals surface area contributed by atoms with Crippen molar-refractivity contribution in [1.29, 1.82) is 0 Å². The Morgan fingerprint density at radius 3 is 2.29 bits per heavy atom. The predicted octanol–water partition coefficient (Wildman–Crippen LogP) is 4.40. The van der Waals surface area contributed by atoms with Crippen molar-refractivity contribution in [3.8, 4) is 0 Å². The van der Waals surface area contributed by atoms with Gasteiger partial charge in [-0.3, -0.25) is 13.9 Å². The standard InChI is InChI=1S/C24H31Cl2N3O4S/c1-6-21(24(31)27-16(2)3)28(14-18-10-8-7-9-17(18)4)23(30)15-29(34(5,32)33)22-13-19(25)11-12-20(22)26/h7-13,16,21H,6,14-15H2,1-5H3,(H,27,31). The van der Waals surface area contributed by atoms with Crippen LogP contribution >= 0.6 is 23.2 Å². The summed E-state index contributed by atoms with van der Waals surface area (Å²) in [4.78, 5) is 28.0. The Balaban J connectivity index is 2.50. The number of hydrogen-bond donors (Lipinski definition) is 1. The molecule has 10 heteroatoms. The van der Waals surface area contributed by atoms with E-state index in [1.807, 2.05) is 52.0 Å². The van der Waals surface area contributed by atoms with Gasteiger partial charge in [-0.05, 0) is 56.5 Å². The Hall–Kier alpha value is -2.29. The minimum absolute atomic E-state index is 0.0977. The SMILES string of the molecule is CCC(C(=O)NC(C)C)N(Cc1ccccc1C)C(=O)CN(c1cc(Cl)ccc1Cl)S(C)(=O)=O. The highest BCUT2D eigenvalue weighted by Crippen LogP contribution is 2.31.